The number of halogens is 1. The number of hydrogen-bond acceptors (Lipinski definition) is 3. The highest BCUT2D eigenvalue weighted by Gasteiger charge is 2.42. The topological polar surface area (TPSA) is 57.7 Å². The van der Waals surface area contributed by atoms with Crippen molar-refractivity contribution < 1.29 is 17.6 Å². The summed E-state index contributed by atoms with van der Waals surface area (Å²) in [7, 11) is -3.83. The van der Waals surface area contributed by atoms with E-state index in [1.807, 2.05) is 11.8 Å². The lowest BCUT2D eigenvalue weighted by atomic mass is 9.84. The summed E-state index contributed by atoms with van der Waals surface area (Å²) in [6.45, 7) is 3.44. The number of rotatable bonds is 4. The van der Waals surface area contributed by atoms with Gasteiger partial charge in [0.05, 0.1) is 0 Å². The van der Waals surface area contributed by atoms with E-state index >= 15 is 0 Å². The normalized spacial score (nSPS) is 25.6. The molecule has 2 atom stereocenters. The molecule has 0 N–H and O–H groups in total. The van der Waals surface area contributed by atoms with Gasteiger partial charge in [-0.3, -0.25) is 4.79 Å². The first kappa shape index (κ1) is 17.4. The van der Waals surface area contributed by atoms with E-state index in [1.54, 1.807) is 0 Å². The van der Waals surface area contributed by atoms with Crippen molar-refractivity contribution in [2.24, 2.45) is 5.92 Å². The van der Waals surface area contributed by atoms with Crippen LogP contribution in [0.25, 0.3) is 0 Å². The van der Waals surface area contributed by atoms with Crippen LogP contribution in [0.4, 0.5) is 4.39 Å². The average molecular weight is 354 g/mol. The minimum Gasteiger partial charge on any atom is -0.339 e. The van der Waals surface area contributed by atoms with E-state index in [1.165, 1.54) is 28.6 Å². The summed E-state index contributed by atoms with van der Waals surface area (Å²) in [5.74, 6) is -0.417. The van der Waals surface area contributed by atoms with Gasteiger partial charge in [-0.15, -0.1) is 0 Å². The van der Waals surface area contributed by atoms with E-state index in [2.05, 4.69) is 0 Å². The van der Waals surface area contributed by atoms with Crippen LogP contribution in [0.3, 0.4) is 0 Å². The molecule has 5 nitrogen and oxygen atoms in total. The minimum atomic E-state index is -3.83. The molecule has 0 spiro atoms. The molecule has 132 valence electrons. The highest BCUT2D eigenvalue weighted by Crippen LogP contribution is 2.34. The zero-order chi connectivity index (χ0) is 17.3. The second kappa shape index (κ2) is 6.80. The lowest BCUT2D eigenvalue weighted by Crippen LogP contribution is -2.56. The standard InChI is InChI=1S/C17H23FN2O3S/c1-2-10-20-15-9-11-19(12-13(15)7-8-17(20)21)24(22,23)16-6-4-3-5-14(16)18/h3-6,13,15H,2,7-12H2,1H3/t13-,15+/m0/s1. The van der Waals surface area contributed by atoms with Gasteiger partial charge in [0, 0.05) is 32.1 Å². The predicted octanol–water partition coefficient (Wildman–Crippen LogP) is 2.24. The monoisotopic (exact) mass is 354 g/mol. The van der Waals surface area contributed by atoms with Gasteiger partial charge in [-0.1, -0.05) is 19.1 Å². The molecule has 1 aromatic rings. The van der Waals surface area contributed by atoms with Crippen LogP contribution in [0.2, 0.25) is 0 Å². The Balaban J connectivity index is 1.80. The van der Waals surface area contributed by atoms with Gasteiger partial charge in [0.2, 0.25) is 15.9 Å². The number of benzene rings is 1. The molecule has 1 aromatic carbocycles. The third kappa shape index (κ3) is 3.07. The van der Waals surface area contributed by atoms with Crippen LogP contribution in [-0.2, 0) is 14.8 Å². The van der Waals surface area contributed by atoms with E-state index in [-0.39, 0.29) is 22.8 Å². The fourth-order valence-corrected chi connectivity index (χ4v) is 5.44. The maximum atomic E-state index is 13.9. The Kier molecular flexibility index (Phi) is 4.92. The maximum absolute atomic E-state index is 13.9. The molecule has 1 amide bonds. The van der Waals surface area contributed by atoms with Gasteiger partial charge >= 0.3 is 0 Å². The summed E-state index contributed by atoms with van der Waals surface area (Å²) in [6, 6.07) is 5.60. The largest absolute Gasteiger partial charge is 0.339 e. The summed E-state index contributed by atoms with van der Waals surface area (Å²) in [5, 5.41) is 0. The molecular weight excluding hydrogens is 331 g/mol. The van der Waals surface area contributed by atoms with Crippen LogP contribution in [0.1, 0.15) is 32.6 Å². The lowest BCUT2D eigenvalue weighted by molar-refractivity contribution is -0.140. The number of piperidine rings is 2. The van der Waals surface area contributed by atoms with Crippen LogP contribution in [-0.4, -0.2) is 49.2 Å². The highest BCUT2D eigenvalue weighted by atomic mass is 32.2. The Hall–Kier alpha value is -1.47. The number of sulfonamides is 1. The van der Waals surface area contributed by atoms with Gasteiger partial charge < -0.3 is 4.90 Å². The summed E-state index contributed by atoms with van der Waals surface area (Å²) < 4.78 is 40.8. The SMILES string of the molecule is CCCN1C(=O)CC[C@H]2CN(S(=O)(=O)c3ccccc3F)CC[C@H]21. The zero-order valence-electron chi connectivity index (χ0n) is 13.8. The van der Waals surface area contributed by atoms with Gasteiger partial charge in [-0.2, -0.15) is 4.31 Å². The quantitative estimate of drug-likeness (QED) is 0.833. The van der Waals surface area contributed by atoms with Crippen molar-refractivity contribution in [3.63, 3.8) is 0 Å². The van der Waals surface area contributed by atoms with Crippen LogP contribution >= 0.6 is 0 Å². The van der Waals surface area contributed by atoms with Crippen LogP contribution in [0.15, 0.2) is 29.2 Å². The van der Waals surface area contributed by atoms with Gasteiger partial charge in [0.1, 0.15) is 10.7 Å². The van der Waals surface area contributed by atoms with E-state index in [9.17, 15) is 17.6 Å². The van der Waals surface area contributed by atoms with Crippen LogP contribution in [0, 0.1) is 11.7 Å². The molecule has 3 rings (SSSR count). The molecule has 0 aliphatic carbocycles. The molecule has 0 radical (unpaired) electrons. The summed E-state index contributed by atoms with van der Waals surface area (Å²) in [6.07, 6.45) is 2.68. The Morgan fingerprint density at radius 2 is 2.00 bits per heavy atom. The minimum absolute atomic E-state index is 0.110. The molecule has 2 fully saturated rings. The number of hydrogen-bond donors (Lipinski definition) is 0. The number of amides is 1. The maximum Gasteiger partial charge on any atom is 0.245 e. The number of nitrogens with zero attached hydrogens (tertiary/aromatic N) is 2. The lowest BCUT2D eigenvalue weighted by Gasteiger charge is -2.46. The van der Waals surface area contributed by atoms with Crippen molar-refractivity contribution in [2.45, 2.75) is 43.5 Å². The summed E-state index contributed by atoms with van der Waals surface area (Å²) in [5.41, 5.74) is 0. The van der Waals surface area contributed by atoms with Crippen LogP contribution < -0.4 is 0 Å². The Bertz CT molecular complexity index is 722. The molecule has 2 aliphatic rings. The Morgan fingerprint density at radius 3 is 2.71 bits per heavy atom. The molecule has 2 heterocycles. The number of carbonyl (C=O) groups excluding carboxylic acids is 1. The fourth-order valence-electron chi connectivity index (χ4n) is 3.86. The van der Waals surface area contributed by atoms with Crippen molar-refractivity contribution in [1.82, 2.24) is 9.21 Å². The molecular formula is C17H23FN2O3S. The van der Waals surface area contributed by atoms with Gasteiger partial charge in [0.25, 0.3) is 0 Å². The Morgan fingerprint density at radius 1 is 1.25 bits per heavy atom. The highest BCUT2D eigenvalue weighted by molar-refractivity contribution is 7.89. The molecule has 0 unspecified atom stereocenters. The average Bonchev–Trinajstić information content (AvgIpc) is 2.57. The zero-order valence-corrected chi connectivity index (χ0v) is 14.6. The van der Waals surface area contributed by atoms with Gasteiger partial charge in [-0.05, 0) is 37.3 Å². The van der Waals surface area contributed by atoms with E-state index in [4.69, 9.17) is 0 Å². The summed E-state index contributed by atoms with van der Waals surface area (Å²) in [4.78, 5) is 13.8. The molecule has 0 bridgehead atoms. The van der Waals surface area contributed by atoms with E-state index in [0.717, 1.165) is 13.0 Å². The first-order chi connectivity index (χ1) is 11.4. The van der Waals surface area contributed by atoms with Crippen molar-refractivity contribution in [2.75, 3.05) is 19.6 Å². The molecule has 0 aromatic heterocycles. The Labute approximate surface area is 142 Å². The van der Waals surface area contributed by atoms with E-state index < -0.39 is 15.8 Å². The van der Waals surface area contributed by atoms with Gasteiger partial charge in [0.15, 0.2) is 0 Å². The number of fused-ring (bicyclic) bond motifs is 1. The van der Waals surface area contributed by atoms with Crippen molar-refractivity contribution in [3.05, 3.63) is 30.1 Å². The summed E-state index contributed by atoms with van der Waals surface area (Å²) >= 11 is 0. The molecule has 7 heteroatoms. The third-order valence-electron chi connectivity index (χ3n) is 5.03. The van der Waals surface area contributed by atoms with E-state index in [0.29, 0.717) is 32.4 Å². The molecule has 2 saturated heterocycles. The molecule has 24 heavy (non-hydrogen) atoms. The third-order valence-corrected chi connectivity index (χ3v) is 6.92. The molecule has 2 aliphatic heterocycles. The van der Waals surface area contributed by atoms with Crippen molar-refractivity contribution in [3.8, 4) is 0 Å². The first-order valence-electron chi connectivity index (χ1n) is 8.49. The van der Waals surface area contributed by atoms with Crippen molar-refractivity contribution >= 4 is 15.9 Å². The predicted molar refractivity (Wildman–Crippen MR) is 88.3 cm³/mol. The van der Waals surface area contributed by atoms with Gasteiger partial charge in [-0.25, -0.2) is 12.8 Å². The fraction of sp³-hybridized carbons (Fsp3) is 0.588. The first-order valence-corrected chi connectivity index (χ1v) is 9.93. The second-order valence-corrected chi connectivity index (χ2v) is 8.44. The second-order valence-electron chi connectivity index (χ2n) is 6.54. The van der Waals surface area contributed by atoms with Crippen molar-refractivity contribution in [1.29, 1.82) is 0 Å². The number of likely N-dealkylation sites (tertiary alicyclic amines) is 1. The number of carbonyl (C=O) groups is 1. The smallest absolute Gasteiger partial charge is 0.245 e. The van der Waals surface area contributed by atoms with Crippen LogP contribution in [0.5, 0.6) is 0 Å². The molecule has 0 saturated carbocycles.